The second-order valence-electron chi connectivity index (χ2n) is 11.2. The molecule has 0 bridgehead atoms. The maximum atomic E-state index is 13.3. The van der Waals surface area contributed by atoms with Crippen LogP contribution in [0.2, 0.25) is 10.0 Å². The van der Waals surface area contributed by atoms with Crippen LogP contribution in [0.25, 0.3) is 0 Å². The number of anilines is 1. The van der Waals surface area contributed by atoms with Crippen molar-refractivity contribution < 1.29 is 32.9 Å². The molecule has 0 aliphatic carbocycles. The zero-order valence-electron chi connectivity index (χ0n) is 24.5. The van der Waals surface area contributed by atoms with Gasteiger partial charge in [0.05, 0.1) is 28.7 Å². The van der Waals surface area contributed by atoms with E-state index in [4.69, 9.17) is 23.2 Å². The lowest BCUT2D eigenvalue weighted by Crippen LogP contribution is -2.42. The normalized spacial score (nSPS) is 18.4. The topological polar surface area (TPSA) is 145 Å². The van der Waals surface area contributed by atoms with Crippen LogP contribution < -0.4 is 15.5 Å². The Morgan fingerprint density at radius 1 is 1.11 bits per heavy atom. The SMILES string of the molecule is C=S1(=O)CCN(c2cc(Cl)c(C(=O)N[C@H](CCC(=O)CNC(=O)c3cccc(CC4=NCC(F)CC4)c3)C(=O)O)c(Cl)c2)CC1. The van der Waals surface area contributed by atoms with E-state index in [1.54, 1.807) is 30.3 Å². The predicted octanol–water partition coefficient (Wildman–Crippen LogP) is 3.61. The Labute approximate surface area is 271 Å². The molecule has 10 nitrogen and oxygen atoms in total. The highest BCUT2D eigenvalue weighted by Crippen LogP contribution is 2.32. The van der Waals surface area contributed by atoms with Crippen LogP contribution in [-0.4, -0.2) is 94.4 Å². The third kappa shape index (κ3) is 9.75. The number of alkyl halides is 1. The number of aliphatic imine (C=N–C) groups is 1. The molecule has 2 aromatic carbocycles. The van der Waals surface area contributed by atoms with Gasteiger partial charge in [-0.3, -0.25) is 23.6 Å². The molecule has 2 aliphatic heterocycles. The maximum Gasteiger partial charge on any atom is 0.326 e. The molecule has 2 heterocycles. The van der Waals surface area contributed by atoms with Crippen molar-refractivity contribution in [2.45, 2.75) is 44.3 Å². The van der Waals surface area contributed by atoms with Gasteiger partial charge in [0, 0.05) is 54.4 Å². The highest BCUT2D eigenvalue weighted by molar-refractivity contribution is 8.00. The van der Waals surface area contributed by atoms with E-state index >= 15 is 0 Å². The number of hydrogen-bond donors (Lipinski definition) is 3. The van der Waals surface area contributed by atoms with Crippen molar-refractivity contribution in [2.24, 2.45) is 4.99 Å². The monoisotopic (exact) mass is 680 g/mol. The van der Waals surface area contributed by atoms with Crippen LogP contribution in [-0.2, 0) is 25.5 Å². The smallest absolute Gasteiger partial charge is 0.326 e. The molecule has 45 heavy (non-hydrogen) atoms. The second-order valence-corrected chi connectivity index (χ2v) is 14.8. The van der Waals surface area contributed by atoms with E-state index in [1.807, 2.05) is 11.0 Å². The first-order valence-corrected chi connectivity index (χ1v) is 17.3. The molecule has 0 spiro atoms. The van der Waals surface area contributed by atoms with Crippen molar-refractivity contribution in [3.05, 3.63) is 63.1 Å². The van der Waals surface area contributed by atoms with E-state index in [9.17, 15) is 32.9 Å². The average Bonchev–Trinajstić information content (AvgIpc) is 2.98. The molecule has 2 aliphatic rings. The fourth-order valence-electron chi connectivity index (χ4n) is 5.07. The number of rotatable bonds is 12. The average molecular weight is 682 g/mol. The van der Waals surface area contributed by atoms with E-state index in [-0.39, 0.29) is 41.5 Å². The molecule has 1 fully saturated rings. The summed E-state index contributed by atoms with van der Waals surface area (Å²) in [5.41, 5.74) is 2.60. The minimum absolute atomic E-state index is 0.0167. The molecule has 1 saturated heterocycles. The molecular formula is C31H35Cl2FN4O6S. The molecule has 14 heteroatoms. The lowest BCUT2D eigenvalue weighted by molar-refractivity contribution is -0.139. The maximum absolute atomic E-state index is 13.3. The lowest BCUT2D eigenvalue weighted by Gasteiger charge is -2.31. The summed E-state index contributed by atoms with van der Waals surface area (Å²) in [5.74, 6) is 1.52. The van der Waals surface area contributed by atoms with Crippen molar-refractivity contribution in [3.63, 3.8) is 0 Å². The van der Waals surface area contributed by atoms with Crippen LogP contribution in [0.15, 0.2) is 41.4 Å². The number of aliphatic carboxylic acids is 1. The summed E-state index contributed by atoms with van der Waals surface area (Å²) in [6.07, 6.45) is 0.150. The van der Waals surface area contributed by atoms with Crippen LogP contribution in [0.1, 0.15) is 52.0 Å². The van der Waals surface area contributed by atoms with Gasteiger partial charge in [-0.1, -0.05) is 35.3 Å². The van der Waals surface area contributed by atoms with Crippen LogP contribution in [0.3, 0.4) is 0 Å². The number of hydrogen-bond acceptors (Lipinski definition) is 7. The van der Waals surface area contributed by atoms with Crippen LogP contribution in [0.4, 0.5) is 10.1 Å². The highest BCUT2D eigenvalue weighted by atomic mass is 35.5. The molecular weight excluding hydrogens is 646 g/mol. The Morgan fingerprint density at radius 2 is 1.80 bits per heavy atom. The summed E-state index contributed by atoms with van der Waals surface area (Å²) >= 11 is 12.8. The van der Waals surface area contributed by atoms with Crippen molar-refractivity contribution in [1.29, 1.82) is 0 Å². The largest absolute Gasteiger partial charge is 0.480 e. The van der Waals surface area contributed by atoms with Gasteiger partial charge < -0.3 is 20.6 Å². The number of Topliss-reactive ketones (excluding diaryl/α,β-unsaturated/α-hetero) is 1. The first-order chi connectivity index (χ1) is 21.3. The van der Waals surface area contributed by atoms with Crippen LogP contribution in [0, 0.1) is 0 Å². The fourth-order valence-corrected chi connectivity index (χ4v) is 7.03. The number of benzene rings is 2. The Bertz CT molecular complexity index is 1580. The van der Waals surface area contributed by atoms with E-state index in [2.05, 4.69) is 21.5 Å². The van der Waals surface area contributed by atoms with Gasteiger partial charge in [-0.25, -0.2) is 9.18 Å². The standard InChI is InChI=1S/C31H35Cl2FN4O6S/c1-45(44)11-9-38(10-12-45)23-15-25(32)28(26(33)16-23)30(41)37-27(31(42)43)8-7-24(39)18-36-29(40)20-4-2-3-19(13-20)14-22-6-5-21(34)17-35-22/h2-4,13,15-16,21,27H,1,5-12,14,17-18H2,(H,36,40)(H,37,41)(H,42,43)/t21?,27-/m1/s1. The first-order valence-electron chi connectivity index (χ1n) is 14.5. The van der Waals surface area contributed by atoms with Crippen molar-refractivity contribution in [1.82, 2.24) is 10.6 Å². The number of carboxylic acids is 1. The third-order valence-electron chi connectivity index (χ3n) is 7.70. The molecule has 1 unspecified atom stereocenters. The molecule has 0 saturated carbocycles. The van der Waals surface area contributed by atoms with E-state index in [0.29, 0.717) is 55.1 Å². The van der Waals surface area contributed by atoms with E-state index in [0.717, 1.165) is 11.3 Å². The molecule has 2 amide bonds. The highest BCUT2D eigenvalue weighted by Gasteiger charge is 2.26. The Balaban J connectivity index is 1.28. The molecule has 3 N–H and O–H groups in total. The van der Waals surface area contributed by atoms with Crippen molar-refractivity contribution in [2.75, 3.05) is 42.6 Å². The molecule has 4 rings (SSSR count). The molecule has 0 radical (unpaired) electrons. The number of carboxylic acid groups (broad SMARTS) is 1. The zero-order valence-corrected chi connectivity index (χ0v) is 26.9. The minimum Gasteiger partial charge on any atom is -0.480 e. The van der Waals surface area contributed by atoms with Crippen molar-refractivity contribution in [3.8, 4) is 0 Å². The van der Waals surface area contributed by atoms with Crippen molar-refractivity contribution >= 4 is 73.6 Å². The van der Waals surface area contributed by atoms with Gasteiger partial charge in [0.15, 0.2) is 5.78 Å². The Hall–Kier alpha value is -3.48. The van der Waals surface area contributed by atoms with Gasteiger partial charge >= 0.3 is 5.97 Å². The quantitative estimate of drug-likeness (QED) is 0.291. The van der Waals surface area contributed by atoms with Gasteiger partial charge in [0.2, 0.25) is 0 Å². The predicted molar refractivity (Wildman–Crippen MR) is 176 cm³/mol. The number of ketones is 1. The molecule has 0 aromatic heterocycles. The Morgan fingerprint density at radius 3 is 2.42 bits per heavy atom. The van der Waals surface area contributed by atoms with Crippen LogP contribution in [0.5, 0.6) is 0 Å². The van der Waals surface area contributed by atoms with Gasteiger partial charge in [0.1, 0.15) is 12.2 Å². The first kappa shape index (κ1) is 34.4. The number of carbonyl (C=O) groups is 4. The van der Waals surface area contributed by atoms with Gasteiger partial charge in [0.25, 0.3) is 11.8 Å². The lowest BCUT2D eigenvalue weighted by atomic mass is 9.99. The number of nitrogens with zero attached hydrogens (tertiary/aromatic N) is 2. The molecule has 242 valence electrons. The summed E-state index contributed by atoms with van der Waals surface area (Å²) in [7, 11) is -2.11. The number of halogens is 3. The number of nitrogens with one attached hydrogen (secondary N) is 2. The summed E-state index contributed by atoms with van der Waals surface area (Å²) < 4.78 is 25.5. The van der Waals surface area contributed by atoms with E-state index < -0.39 is 45.3 Å². The molecule has 2 atom stereocenters. The van der Waals surface area contributed by atoms with Gasteiger partial charge in [-0.15, -0.1) is 0 Å². The second kappa shape index (κ2) is 15.2. The number of carbonyl (C=O) groups excluding carboxylic acids is 3. The summed E-state index contributed by atoms with van der Waals surface area (Å²) in [6, 6.07) is 8.53. The summed E-state index contributed by atoms with van der Waals surface area (Å²) in [4.78, 5) is 56.2. The van der Waals surface area contributed by atoms with Gasteiger partial charge in [-0.2, -0.15) is 0 Å². The Kier molecular flexibility index (Phi) is 11.6. The summed E-state index contributed by atoms with van der Waals surface area (Å²) in [6.45, 7) is 0.803. The van der Waals surface area contributed by atoms with E-state index in [1.165, 1.54) is 0 Å². The third-order valence-corrected chi connectivity index (χ3v) is 10.2. The molecule has 2 aromatic rings. The van der Waals surface area contributed by atoms with Crippen LogP contribution >= 0.6 is 23.2 Å². The number of amides is 2. The zero-order chi connectivity index (χ0) is 32.7. The van der Waals surface area contributed by atoms with Gasteiger partial charge in [-0.05, 0) is 64.5 Å². The fraction of sp³-hybridized carbons (Fsp3) is 0.419. The summed E-state index contributed by atoms with van der Waals surface area (Å²) in [5, 5.41) is 14.6. The minimum atomic E-state index is -2.11.